The molecular weight excluding hydrogens is 312 g/mol. The summed E-state index contributed by atoms with van der Waals surface area (Å²) in [4.78, 5) is 11.1. The van der Waals surface area contributed by atoms with E-state index in [1.54, 1.807) is 0 Å². The maximum atomic E-state index is 11.1. The highest BCUT2D eigenvalue weighted by Crippen LogP contribution is 2.32. The molecule has 0 atom stereocenters. The van der Waals surface area contributed by atoms with E-state index >= 15 is 0 Å². The number of hydrogen-bond donors (Lipinski definition) is 0. The lowest BCUT2D eigenvalue weighted by molar-refractivity contribution is 0.0673. The Morgan fingerprint density at radius 2 is 2.08 bits per heavy atom. The first-order valence-electron chi connectivity index (χ1n) is 9.07. The number of benzene rings is 1. The quantitative estimate of drug-likeness (QED) is 0.513. The summed E-state index contributed by atoms with van der Waals surface area (Å²) in [5, 5.41) is 0. The van der Waals surface area contributed by atoms with Crippen molar-refractivity contribution in [2.45, 2.75) is 45.1 Å². The highest BCUT2D eigenvalue weighted by molar-refractivity contribution is 5.79. The first-order valence-corrected chi connectivity index (χ1v) is 9.07. The van der Waals surface area contributed by atoms with Gasteiger partial charge in [0, 0.05) is 5.56 Å². The summed E-state index contributed by atoms with van der Waals surface area (Å²) in [5.41, 5.74) is 5.31. The Balaban J connectivity index is 1.77. The molecule has 0 N–H and O–H groups in total. The van der Waals surface area contributed by atoms with E-state index in [0.29, 0.717) is 24.9 Å². The van der Waals surface area contributed by atoms with Gasteiger partial charge in [0.05, 0.1) is 12.7 Å². The molecule has 3 nitrogen and oxygen atoms in total. The third-order valence-corrected chi connectivity index (χ3v) is 4.67. The second-order valence-electron chi connectivity index (χ2n) is 6.79. The topological polar surface area (TPSA) is 35.5 Å². The van der Waals surface area contributed by atoms with Gasteiger partial charge in [-0.2, -0.15) is 0 Å². The second-order valence-corrected chi connectivity index (χ2v) is 6.79. The fourth-order valence-electron chi connectivity index (χ4n) is 3.10. The van der Waals surface area contributed by atoms with E-state index < -0.39 is 0 Å². The van der Waals surface area contributed by atoms with Crippen LogP contribution >= 0.6 is 0 Å². The van der Waals surface area contributed by atoms with Crippen LogP contribution in [-0.4, -0.2) is 25.6 Å². The molecule has 2 aliphatic rings. The molecule has 25 heavy (non-hydrogen) atoms. The van der Waals surface area contributed by atoms with Crippen LogP contribution in [0, 0.1) is 0 Å². The van der Waals surface area contributed by atoms with Gasteiger partial charge in [-0.05, 0) is 73.5 Å². The Kier molecular flexibility index (Phi) is 5.87. The van der Waals surface area contributed by atoms with Crippen molar-refractivity contribution in [3.8, 4) is 0 Å². The Morgan fingerprint density at radius 3 is 2.84 bits per heavy atom. The molecule has 1 saturated carbocycles. The first kappa shape index (κ1) is 17.7. The molecule has 2 aliphatic carbocycles. The molecule has 0 aromatic heterocycles. The van der Waals surface area contributed by atoms with Crippen molar-refractivity contribution in [3.63, 3.8) is 0 Å². The Bertz CT molecular complexity index is 708. The van der Waals surface area contributed by atoms with E-state index in [9.17, 15) is 4.79 Å². The third-order valence-electron chi connectivity index (χ3n) is 4.67. The molecule has 3 rings (SSSR count). The van der Waals surface area contributed by atoms with E-state index in [0.717, 1.165) is 42.4 Å². The fourth-order valence-corrected chi connectivity index (χ4v) is 3.10. The van der Waals surface area contributed by atoms with E-state index in [2.05, 4.69) is 25.6 Å². The minimum Gasteiger partial charge on any atom is -0.491 e. The van der Waals surface area contributed by atoms with Crippen LogP contribution in [0.5, 0.6) is 0 Å². The molecule has 1 aromatic rings. The Labute approximate surface area is 150 Å². The van der Waals surface area contributed by atoms with Crippen LogP contribution < -0.4 is 0 Å². The van der Waals surface area contributed by atoms with Crippen molar-refractivity contribution >= 4 is 11.9 Å². The molecule has 132 valence electrons. The van der Waals surface area contributed by atoms with Gasteiger partial charge < -0.3 is 9.47 Å². The fraction of sp³-hybridized carbons (Fsp3) is 0.409. The lowest BCUT2D eigenvalue weighted by Gasteiger charge is -2.19. The minimum absolute atomic E-state index is 0.455. The number of carbonyl (C=O) groups excluding carboxylic acids is 1. The van der Waals surface area contributed by atoms with Crippen LogP contribution in [0.15, 0.2) is 53.8 Å². The van der Waals surface area contributed by atoms with Crippen LogP contribution in [0.1, 0.15) is 54.9 Å². The van der Waals surface area contributed by atoms with Crippen LogP contribution in [0.25, 0.3) is 5.57 Å². The Morgan fingerprint density at radius 1 is 1.24 bits per heavy atom. The summed E-state index contributed by atoms with van der Waals surface area (Å²) in [5.74, 6) is 0.862. The minimum atomic E-state index is 0.455. The molecule has 0 aliphatic heterocycles. The highest BCUT2D eigenvalue weighted by Gasteiger charge is 2.21. The zero-order chi connectivity index (χ0) is 17.6. The molecule has 3 heteroatoms. The zero-order valence-electron chi connectivity index (χ0n) is 14.9. The zero-order valence-corrected chi connectivity index (χ0v) is 14.9. The van der Waals surface area contributed by atoms with Gasteiger partial charge in [0.1, 0.15) is 18.7 Å². The van der Waals surface area contributed by atoms with Crippen LogP contribution in [0.4, 0.5) is 0 Å². The van der Waals surface area contributed by atoms with E-state index in [1.807, 2.05) is 18.2 Å². The molecule has 0 radical (unpaired) electrons. The summed E-state index contributed by atoms with van der Waals surface area (Å²) in [6.45, 7) is 7.47. The normalized spacial score (nSPS) is 23.4. The van der Waals surface area contributed by atoms with Crippen molar-refractivity contribution < 1.29 is 14.3 Å². The van der Waals surface area contributed by atoms with Crippen LogP contribution in [-0.2, 0) is 9.47 Å². The maximum absolute atomic E-state index is 11.1. The summed E-state index contributed by atoms with van der Waals surface area (Å²) in [6, 6.07) is 7.80. The molecule has 1 fully saturated rings. The van der Waals surface area contributed by atoms with E-state index in [1.165, 1.54) is 24.0 Å². The van der Waals surface area contributed by atoms with Crippen molar-refractivity contribution in [2.24, 2.45) is 0 Å². The monoisotopic (exact) mass is 338 g/mol. The van der Waals surface area contributed by atoms with Gasteiger partial charge in [-0.25, -0.2) is 0 Å². The predicted molar refractivity (Wildman–Crippen MR) is 100 cm³/mol. The lowest BCUT2D eigenvalue weighted by Crippen LogP contribution is -2.07. The Hall–Kier alpha value is -2.13. The molecule has 0 heterocycles. The summed E-state index contributed by atoms with van der Waals surface area (Å²) < 4.78 is 11.6. The third kappa shape index (κ3) is 4.93. The van der Waals surface area contributed by atoms with Crippen molar-refractivity contribution in [2.75, 3.05) is 13.2 Å². The predicted octanol–water partition coefficient (Wildman–Crippen LogP) is 5.09. The lowest BCUT2D eigenvalue weighted by atomic mass is 9.90. The first-order chi connectivity index (χ1) is 12.2. The van der Waals surface area contributed by atoms with Crippen molar-refractivity contribution in [3.05, 3.63) is 65.0 Å². The van der Waals surface area contributed by atoms with Gasteiger partial charge in [-0.15, -0.1) is 0 Å². The summed E-state index contributed by atoms with van der Waals surface area (Å²) in [6.07, 6.45) is 8.71. The van der Waals surface area contributed by atoms with Gasteiger partial charge in [-0.3, -0.25) is 4.79 Å². The average molecular weight is 338 g/mol. The largest absolute Gasteiger partial charge is 0.491 e. The number of carbonyl (C=O) groups is 1. The van der Waals surface area contributed by atoms with Crippen LogP contribution in [0.2, 0.25) is 0 Å². The van der Waals surface area contributed by atoms with Gasteiger partial charge in [0.25, 0.3) is 0 Å². The number of hydrogen-bond acceptors (Lipinski definition) is 3. The van der Waals surface area contributed by atoms with Crippen molar-refractivity contribution in [1.29, 1.82) is 0 Å². The molecule has 0 saturated heterocycles. The van der Waals surface area contributed by atoms with Crippen LogP contribution in [0.3, 0.4) is 0 Å². The molecule has 1 aromatic carbocycles. The number of aldehydes is 1. The van der Waals surface area contributed by atoms with Gasteiger partial charge in [-0.1, -0.05) is 24.8 Å². The molecule has 0 amide bonds. The van der Waals surface area contributed by atoms with Gasteiger partial charge in [0.15, 0.2) is 0 Å². The van der Waals surface area contributed by atoms with Crippen molar-refractivity contribution in [1.82, 2.24) is 0 Å². The molecule has 0 unspecified atom stereocenters. The molecule has 0 spiro atoms. The molecular formula is C22H26O3. The van der Waals surface area contributed by atoms with E-state index in [-0.39, 0.29) is 0 Å². The number of rotatable bonds is 7. The maximum Gasteiger partial charge on any atom is 0.150 e. The summed E-state index contributed by atoms with van der Waals surface area (Å²) in [7, 11) is 0. The number of ether oxygens (including phenoxy) is 2. The highest BCUT2D eigenvalue weighted by atomic mass is 16.5. The van der Waals surface area contributed by atoms with Gasteiger partial charge in [0.2, 0.25) is 0 Å². The second kappa shape index (κ2) is 8.30. The molecule has 0 bridgehead atoms. The average Bonchev–Trinajstić information content (AvgIpc) is 3.44. The smallest absolute Gasteiger partial charge is 0.150 e. The SMILES string of the molecule is C=C1CCC/C(c2cccc(C=O)c2)=C(C)\C=C/1OCCOC1CC1. The number of allylic oxidation sites excluding steroid dienone is 4. The van der Waals surface area contributed by atoms with Gasteiger partial charge >= 0.3 is 0 Å². The van der Waals surface area contributed by atoms with E-state index in [4.69, 9.17) is 9.47 Å². The standard InChI is InChI=1S/C22H26O3/c1-16-5-3-8-21(19-7-4-6-18(14-19)15-23)17(2)13-22(16)25-12-11-24-20-9-10-20/h4,6-7,13-15,20H,1,3,5,8-12H2,2H3/b21-17+,22-13+. The summed E-state index contributed by atoms with van der Waals surface area (Å²) >= 11 is 0.